The highest BCUT2D eigenvalue weighted by Gasteiger charge is 2.23. The van der Waals surface area contributed by atoms with Crippen molar-refractivity contribution in [1.29, 1.82) is 0 Å². The Morgan fingerprint density at radius 2 is 2.00 bits per heavy atom. The first kappa shape index (κ1) is 18.5. The van der Waals surface area contributed by atoms with Gasteiger partial charge in [-0.3, -0.25) is 0 Å². The number of tetrazole rings is 1. The van der Waals surface area contributed by atoms with E-state index in [9.17, 15) is 0 Å². The second-order valence-corrected chi connectivity index (χ2v) is 7.85. The van der Waals surface area contributed by atoms with Crippen molar-refractivity contribution in [3.8, 4) is 18.0 Å². The molecule has 2 heterocycles. The van der Waals surface area contributed by atoms with Crippen LogP contribution in [-0.4, -0.2) is 20.2 Å². The fraction of sp³-hybridized carbons (Fsp3) is 0.217. The average Bonchev–Trinajstić information content (AvgIpc) is 3.20. The quantitative estimate of drug-likeness (QED) is 0.301. The number of rotatable bonds is 4. The zero-order valence-corrected chi connectivity index (χ0v) is 17.2. The zero-order chi connectivity index (χ0) is 20.5. The van der Waals surface area contributed by atoms with E-state index in [1.807, 2.05) is 24.3 Å². The normalized spacial score (nSPS) is 13.0. The first-order valence-electron chi connectivity index (χ1n) is 10.0. The molecule has 0 saturated carbocycles. The molecule has 0 unspecified atom stereocenters. The number of aromatic amines is 1. The summed E-state index contributed by atoms with van der Waals surface area (Å²) in [4.78, 5) is 0. The highest BCUT2D eigenvalue weighted by Crippen LogP contribution is 2.26. The monoisotopic (exact) mass is 413 g/mol. The van der Waals surface area contributed by atoms with Crippen LogP contribution in [0.1, 0.15) is 24.1 Å². The van der Waals surface area contributed by atoms with E-state index in [4.69, 9.17) is 18.6 Å². The summed E-state index contributed by atoms with van der Waals surface area (Å²) in [6, 6.07) is 16.7. The molecular formula is C23H21N6S+. The third kappa shape index (κ3) is 3.36. The number of terminal acetylenes is 1. The van der Waals surface area contributed by atoms with E-state index in [1.165, 1.54) is 35.0 Å². The lowest BCUT2D eigenvalue weighted by Crippen LogP contribution is -2.41. The predicted molar refractivity (Wildman–Crippen MR) is 119 cm³/mol. The van der Waals surface area contributed by atoms with Crippen LogP contribution in [-0.2, 0) is 19.4 Å². The van der Waals surface area contributed by atoms with Crippen molar-refractivity contribution in [3.63, 3.8) is 0 Å². The molecule has 30 heavy (non-hydrogen) atoms. The van der Waals surface area contributed by atoms with Crippen molar-refractivity contribution in [2.45, 2.75) is 32.2 Å². The van der Waals surface area contributed by atoms with Gasteiger partial charge in [0.25, 0.3) is 0 Å². The number of H-pyrrole nitrogens is 1. The molecule has 1 aliphatic carbocycles. The van der Waals surface area contributed by atoms with Gasteiger partial charge in [-0.25, -0.2) is 4.68 Å². The summed E-state index contributed by atoms with van der Waals surface area (Å²) in [5, 5.41) is 15.1. The summed E-state index contributed by atoms with van der Waals surface area (Å²) in [5.74, 6) is 2.83. The topological polar surface area (TPSA) is 62.4 Å². The van der Waals surface area contributed by atoms with Gasteiger partial charge < -0.3 is 5.32 Å². The van der Waals surface area contributed by atoms with Gasteiger partial charge in [-0.1, -0.05) is 16.4 Å². The maximum absolute atomic E-state index is 5.68. The van der Waals surface area contributed by atoms with Crippen LogP contribution < -0.4 is 9.88 Å². The number of hydrogen-bond donors (Lipinski definition) is 2. The number of nitrogens with zero attached hydrogens (tertiary/aromatic N) is 4. The van der Waals surface area contributed by atoms with Gasteiger partial charge in [0.2, 0.25) is 16.8 Å². The van der Waals surface area contributed by atoms with Gasteiger partial charge in [0.05, 0.1) is 5.69 Å². The molecule has 6 nitrogen and oxygen atoms in total. The Balaban J connectivity index is 1.53. The SMILES string of the molecule is C#CC[n+]1c2c(cc3cc(Nc4cccc(-n5[nH]nnc5=S)c4)ccc31)CCCC2. The van der Waals surface area contributed by atoms with Gasteiger partial charge >= 0.3 is 0 Å². The van der Waals surface area contributed by atoms with Crippen LogP contribution >= 0.6 is 12.2 Å². The Hall–Kier alpha value is -3.50. The van der Waals surface area contributed by atoms with E-state index in [-0.39, 0.29) is 0 Å². The van der Waals surface area contributed by atoms with Gasteiger partial charge in [-0.05, 0) is 73.8 Å². The van der Waals surface area contributed by atoms with Crippen LogP contribution in [0.15, 0.2) is 48.5 Å². The Bertz CT molecular complexity index is 1340. The number of nitrogens with one attached hydrogen (secondary N) is 2. The molecule has 148 valence electrons. The Kier molecular flexibility index (Phi) is 4.77. The Morgan fingerprint density at radius 1 is 1.13 bits per heavy atom. The van der Waals surface area contributed by atoms with Crippen LogP contribution in [0.5, 0.6) is 0 Å². The zero-order valence-electron chi connectivity index (χ0n) is 16.4. The average molecular weight is 414 g/mol. The maximum atomic E-state index is 5.68. The first-order chi connectivity index (χ1) is 14.7. The highest BCUT2D eigenvalue weighted by atomic mass is 32.1. The van der Waals surface area contributed by atoms with Gasteiger partial charge in [-0.2, -0.15) is 9.78 Å². The minimum atomic E-state index is 0.390. The molecular weight excluding hydrogens is 392 g/mol. The predicted octanol–water partition coefficient (Wildman–Crippen LogP) is 4.02. The van der Waals surface area contributed by atoms with E-state index in [1.54, 1.807) is 4.68 Å². The standard InChI is InChI=1S/C23H20N6S/c1-2-12-28-21-9-4-3-6-16(21)13-17-14-19(10-11-22(17)28)24-18-7-5-8-20(15-18)29-23(30)25-26-27-29/h1,5,7-8,10-11,13-15,24H,3-4,6,9,12H2/p+1. The molecule has 5 rings (SSSR count). The molecule has 2 aromatic carbocycles. The third-order valence-electron chi connectivity index (χ3n) is 5.57. The summed E-state index contributed by atoms with van der Waals surface area (Å²) in [5.41, 5.74) is 6.85. The molecule has 0 aliphatic heterocycles. The molecule has 0 spiro atoms. The fourth-order valence-corrected chi connectivity index (χ4v) is 4.42. The highest BCUT2D eigenvalue weighted by molar-refractivity contribution is 7.71. The molecule has 4 aromatic rings. The minimum Gasteiger partial charge on any atom is -0.355 e. The summed E-state index contributed by atoms with van der Waals surface area (Å²) < 4.78 is 4.36. The van der Waals surface area contributed by atoms with Crippen molar-refractivity contribution in [2.24, 2.45) is 0 Å². The fourth-order valence-electron chi connectivity index (χ4n) is 4.23. The summed E-state index contributed by atoms with van der Waals surface area (Å²) in [6.07, 6.45) is 10.4. The van der Waals surface area contributed by atoms with E-state index in [2.05, 4.69) is 55.6 Å². The van der Waals surface area contributed by atoms with Gasteiger partial charge in [0, 0.05) is 34.8 Å². The smallest absolute Gasteiger partial charge is 0.242 e. The number of pyridine rings is 1. The van der Waals surface area contributed by atoms with E-state index < -0.39 is 0 Å². The Labute approximate surface area is 179 Å². The number of fused-ring (bicyclic) bond motifs is 2. The van der Waals surface area contributed by atoms with Crippen molar-refractivity contribution in [2.75, 3.05) is 5.32 Å². The summed E-state index contributed by atoms with van der Waals surface area (Å²) in [7, 11) is 0. The van der Waals surface area contributed by atoms with Crippen LogP contribution in [0.25, 0.3) is 16.6 Å². The van der Waals surface area contributed by atoms with Crippen molar-refractivity contribution in [3.05, 3.63) is 64.6 Å². The summed E-state index contributed by atoms with van der Waals surface area (Å²) in [6.45, 7) is 0.605. The van der Waals surface area contributed by atoms with Gasteiger partial charge in [0.1, 0.15) is 0 Å². The van der Waals surface area contributed by atoms with Crippen LogP contribution in [0, 0.1) is 17.1 Å². The second-order valence-electron chi connectivity index (χ2n) is 7.48. The van der Waals surface area contributed by atoms with Crippen LogP contribution in [0.2, 0.25) is 0 Å². The molecule has 0 saturated heterocycles. The van der Waals surface area contributed by atoms with Gasteiger partial charge in [-0.15, -0.1) is 6.42 Å². The molecule has 0 fully saturated rings. The van der Waals surface area contributed by atoms with Crippen molar-refractivity contribution >= 4 is 34.5 Å². The van der Waals surface area contributed by atoms with Crippen LogP contribution in [0.4, 0.5) is 11.4 Å². The first-order valence-corrected chi connectivity index (χ1v) is 10.4. The number of aryl methyl sites for hydroxylation is 1. The van der Waals surface area contributed by atoms with Crippen molar-refractivity contribution in [1.82, 2.24) is 20.2 Å². The molecule has 0 bridgehead atoms. The largest absolute Gasteiger partial charge is 0.355 e. The Morgan fingerprint density at radius 3 is 2.83 bits per heavy atom. The van der Waals surface area contributed by atoms with E-state index in [0.717, 1.165) is 29.9 Å². The number of hydrogen-bond acceptors (Lipinski definition) is 4. The molecule has 0 amide bonds. The molecule has 0 atom stereocenters. The van der Waals surface area contributed by atoms with Crippen LogP contribution in [0.3, 0.4) is 0 Å². The molecule has 7 heteroatoms. The van der Waals surface area contributed by atoms with Crippen molar-refractivity contribution < 1.29 is 4.57 Å². The number of anilines is 2. The number of benzene rings is 2. The lowest BCUT2D eigenvalue weighted by molar-refractivity contribution is -0.667. The lowest BCUT2D eigenvalue weighted by atomic mass is 9.94. The maximum Gasteiger partial charge on any atom is 0.242 e. The molecule has 0 radical (unpaired) electrons. The second kappa shape index (κ2) is 7.73. The lowest BCUT2D eigenvalue weighted by Gasteiger charge is -2.16. The molecule has 1 aliphatic rings. The molecule has 2 aromatic heterocycles. The minimum absolute atomic E-state index is 0.390. The van der Waals surface area contributed by atoms with Gasteiger partial charge in [0.15, 0.2) is 5.69 Å². The third-order valence-corrected chi connectivity index (χ3v) is 5.83. The molecule has 2 N–H and O–H groups in total. The van der Waals surface area contributed by atoms with E-state index in [0.29, 0.717) is 11.3 Å². The number of aromatic nitrogens is 5. The van der Waals surface area contributed by atoms with E-state index >= 15 is 0 Å². The summed E-state index contributed by atoms with van der Waals surface area (Å²) >= 11 is 5.20.